The Kier molecular flexibility index (Phi) is 23.8. The summed E-state index contributed by atoms with van der Waals surface area (Å²) in [5, 5.41) is 3.39. The summed E-state index contributed by atoms with van der Waals surface area (Å²) in [6, 6.07) is 0. The van der Waals surface area contributed by atoms with Crippen LogP contribution in [-0.2, 0) is 4.74 Å². The summed E-state index contributed by atoms with van der Waals surface area (Å²) in [6.45, 7) is 6.92. The van der Waals surface area contributed by atoms with Gasteiger partial charge in [0.2, 0.25) is 0 Å². The predicted octanol–water partition coefficient (Wildman–Crippen LogP) is 5.81. The molecule has 152 valence electrons. The minimum absolute atomic E-state index is 0.803. The Hall–Kier alpha value is -0.120. The average Bonchev–Trinajstić information content (AvgIpc) is 2.63. The Balaban J connectivity index is 2.94. The minimum Gasteiger partial charge on any atom is -0.380 e. The third kappa shape index (κ3) is 23.9. The van der Waals surface area contributed by atoms with Gasteiger partial charge in [-0.15, -0.1) is 0 Å². The lowest BCUT2D eigenvalue weighted by Gasteiger charge is -2.06. The maximum Gasteiger partial charge on any atom is 0.0590 e. The van der Waals surface area contributed by atoms with Crippen LogP contribution in [-0.4, -0.2) is 32.8 Å². The summed E-state index contributed by atoms with van der Waals surface area (Å²) in [4.78, 5) is 0. The second-order valence-corrected chi connectivity index (χ2v) is 7.45. The number of hydrogen-bond donors (Lipinski definition) is 2. The summed E-state index contributed by atoms with van der Waals surface area (Å²) in [6.07, 6.45) is 22.1. The molecule has 0 aromatic carbocycles. The molecule has 0 unspecified atom stereocenters. The van der Waals surface area contributed by atoms with Crippen molar-refractivity contribution in [3.8, 4) is 0 Å². The summed E-state index contributed by atoms with van der Waals surface area (Å²) < 4.78 is 5.66. The van der Waals surface area contributed by atoms with Gasteiger partial charge in [-0.1, -0.05) is 90.4 Å². The molecule has 0 rings (SSSR count). The van der Waals surface area contributed by atoms with Crippen molar-refractivity contribution >= 4 is 0 Å². The second-order valence-electron chi connectivity index (χ2n) is 7.45. The second kappa shape index (κ2) is 23.9. The first-order chi connectivity index (χ1) is 12.4. The van der Waals surface area contributed by atoms with Crippen LogP contribution in [0.4, 0.5) is 0 Å². The molecule has 0 aliphatic rings. The molecular weight excluding hydrogens is 308 g/mol. The normalized spacial score (nSPS) is 11.3. The lowest BCUT2D eigenvalue weighted by molar-refractivity contribution is 0.131. The molecule has 0 fully saturated rings. The van der Waals surface area contributed by atoms with Crippen molar-refractivity contribution in [3.05, 3.63) is 0 Å². The molecule has 0 heterocycles. The van der Waals surface area contributed by atoms with Crippen LogP contribution >= 0.6 is 0 Å². The van der Waals surface area contributed by atoms with E-state index in [0.29, 0.717) is 0 Å². The molecule has 0 saturated carbocycles. The van der Waals surface area contributed by atoms with E-state index in [2.05, 4.69) is 12.2 Å². The number of hydrogen-bond acceptors (Lipinski definition) is 3. The molecule has 0 aromatic heterocycles. The van der Waals surface area contributed by atoms with Gasteiger partial charge in [0.1, 0.15) is 0 Å². The summed E-state index contributed by atoms with van der Waals surface area (Å²) >= 11 is 0. The van der Waals surface area contributed by atoms with Crippen molar-refractivity contribution in [1.82, 2.24) is 5.32 Å². The van der Waals surface area contributed by atoms with E-state index in [0.717, 1.165) is 39.3 Å². The largest absolute Gasteiger partial charge is 0.380 e. The quantitative estimate of drug-likeness (QED) is 0.241. The van der Waals surface area contributed by atoms with Crippen LogP contribution in [0, 0.1) is 0 Å². The maximum atomic E-state index is 5.66. The van der Waals surface area contributed by atoms with E-state index in [9.17, 15) is 0 Å². The SMILES string of the molecule is CCCCCCCCCCCCCCCCOCCNCCCCN. The fourth-order valence-corrected chi connectivity index (χ4v) is 3.16. The van der Waals surface area contributed by atoms with Crippen molar-refractivity contribution in [1.29, 1.82) is 0 Å². The molecule has 0 aromatic rings. The minimum atomic E-state index is 0.803. The standard InChI is InChI=1S/C22H48N2O/c1-2-3-4-5-6-7-8-9-10-11-12-13-14-17-21-25-22-20-24-19-16-15-18-23/h24H,2-23H2,1H3. The smallest absolute Gasteiger partial charge is 0.0590 e. The fourth-order valence-electron chi connectivity index (χ4n) is 3.16. The lowest BCUT2D eigenvalue weighted by atomic mass is 10.0. The van der Waals surface area contributed by atoms with E-state index in [1.165, 1.54) is 96.3 Å². The van der Waals surface area contributed by atoms with Gasteiger partial charge in [0, 0.05) is 13.2 Å². The molecule has 0 aliphatic heterocycles. The molecule has 0 aliphatic carbocycles. The third-order valence-electron chi connectivity index (χ3n) is 4.87. The molecule has 3 nitrogen and oxygen atoms in total. The summed E-state index contributed by atoms with van der Waals surface area (Å²) in [5.74, 6) is 0. The van der Waals surface area contributed by atoms with E-state index in [-0.39, 0.29) is 0 Å². The Bertz CT molecular complexity index is 202. The number of nitrogens with one attached hydrogen (secondary N) is 1. The van der Waals surface area contributed by atoms with E-state index in [1.54, 1.807) is 0 Å². The lowest BCUT2D eigenvalue weighted by Crippen LogP contribution is -2.21. The van der Waals surface area contributed by atoms with Gasteiger partial charge in [0.25, 0.3) is 0 Å². The van der Waals surface area contributed by atoms with E-state index >= 15 is 0 Å². The maximum absolute atomic E-state index is 5.66. The van der Waals surface area contributed by atoms with Gasteiger partial charge in [0.15, 0.2) is 0 Å². The van der Waals surface area contributed by atoms with Crippen molar-refractivity contribution in [2.24, 2.45) is 5.73 Å². The van der Waals surface area contributed by atoms with E-state index < -0.39 is 0 Å². The number of ether oxygens (including phenoxy) is 1. The molecule has 0 radical (unpaired) electrons. The summed E-state index contributed by atoms with van der Waals surface area (Å²) in [5.41, 5.74) is 5.46. The Morgan fingerprint density at radius 3 is 1.60 bits per heavy atom. The zero-order valence-corrected chi connectivity index (χ0v) is 17.3. The Labute approximate surface area is 158 Å². The van der Waals surface area contributed by atoms with Crippen LogP contribution in [0.1, 0.15) is 110 Å². The van der Waals surface area contributed by atoms with E-state index in [1.807, 2.05) is 0 Å². The molecule has 0 saturated heterocycles. The van der Waals surface area contributed by atoms with Crippen LogP contribution < -0.4 is 11.1 Å². The zero-order valence-electron chi connectivity index (χ0n) is 17.3. The molecule has 25 heavy (non-hydrogen) atoms. The first kappa shape index (κ1) is 24.9. The molecule has 0 spiro atoms. The number of nitrogens with two attached hydrogens (primary N) is 1. The number of rotatable bonds is 22. The van der Waals surface area contributed by atoms with Crippen molar-refractivity contribution in [3.63, 3.8) is 0 Å². The first-order valence-electron chi connectivity index (χ1n) is 11.4. The first-order valence-corrected chi connectivity index (χ1v) is 11.4. The van der Waals surface area contributed by atoms with Crippen LogP contribution in [0.15, 0.2) is 0 Å². The van der Waals surface area contributed by atoms with Gasteiger partial charge in [-0.25, -0.2) is 0 Å². The molecule has 0 amide bonds. The van der Waals surface area contributed by atoms with Gasteiger partial charge < -0.3 is 15.8 Å². The average molecular weight is 357 g/mol. The van der Waals surface area contributed by atoms with Crippen LogP contribution in [0.2, 0.25) is 0 Å². The van der Waals surface area contributed by atoms with Crippen LogP contribution in [0.25, 0.3) is 0 Å². The molecule has 3 heteroatoms. The van der Waals surface area contributed by atoms with Gasteiger partial charge in [-0.3, -0.25) is 0 Å². The third-order valence-corrected chi connectivity index (χ3v) is 4.87. The van der Waals surface area contributed by atoms with Crippen molar-refractivity contribution in [2.75, 3.05) is 32.8 Å². The van der Waals surface area contributed by atoms with Crippen LogP contribution in [0.3, 0.4) is 0 Å². The van der Waals surface area contributed by atoms with Gasteiger partial charge >= 0.3 is 0 Å². The molecule has 0 atom stereocenters. The highest BCUT2D eigenvalue weighted by atomic mass is 16.5. The molecule has 0 bridgehead atoms. The highest BCUT2D eigenvalue weighted by Gasteiger charge is 1.95. The van der Waals surface area contributed by atoms with Gasteiger partial charge in [-0.05, 0) is 32.4 Å². The number of unbranched alkanes of at least 4 members (excludes halogenated alkanes) is 14. The van der Waals surface area contributed by atoms with Gasteiger partial charge in [-0.2, -0.15) is 0 Å². The topological polar surface area (TPSA) is 47.3 Å². The predicted molar refractivity (Wildman–Crippen MR) is 112 cm³/mol. The van der Waals surface area contributed by atoms with E-state index in [4.69, 9.17) is 10.5 Å². The highest BCUT2D eigenvalue weighted by Crippen LogP contribution is 2.12. The molecule has 3 N–H and O–H groups in total. The molecular formula is C22H48N2O. The Morgan fingerprint density at radius 1 is 0.560 bits per heavy atom. The van der Waals surface area contributed by atoms with Crippen molar-refractivity contribution in [2.45, 2.75) is 110 Å². The monoisotopic (exact) mass is 356 g/mol. The fraction of sp³-hybridized carbons (Fsp3) is 1.00. The van der Waals surface area contributed by atoms with Gasteiger partial charge in [0.05, 0.1) is 6.61 Å². The Morgan fingerprint density at radius 2 is 1.08 bits per heavy atom. The van der Waals surface area contributed by atoms with Crippen molar-refractivity contribution < 1.29 is 4.74 Å². The highest BCUT2D eigenvalue weighted by molar-refractivity contribution is 4.50. The zero-order chi connectivity index (χ0) is 18.3. The summed E-state index contributed by atoms with van der Waals surface area (Å²) in [7, 11) is 0. The van der Waals surface area contributed by atoms with Crippen LogP contribution in [0.5, 0.6) is 0 Å².